The second kappa shape index (κ2) is 14.7. The molecule has 1 atom stereocenters. The molecule has 43 heavy (non-hydrogen) atoms. The first-order chi connectivity index (χ1) is 20.5. The van der Waals surface area contributed by atoms with Crippen molar-refractivity contribution in [2.75, 3.05) is 19.6 Å². The standard InChI is InChI=1S/C32H42ClN5O5/c1-32(2,3)43-31(41)34-15-7-8-26(30(39)40)35-19-23-9-12-24(33)18-28(23)42-25-13-10-22(11-14-25)27-20-36-29(37(27)4)21-38-16-5-6-17-38/h9-14,18,20,26,35H,5-8,15-17,19,21H2,1-4H3,(H,34,41)(H,39,40). The van der Waals surface area contributed by atoms with Gasteiger partial charge in [-0.05, 0) is 95.9 Å². The Balaban J connectivity index is 1.34. The van der Waals surface area contributed by atoms with E-state index in [1.54, 1.807) is 32.9 Å². The number of carboxylic acid groups (broad SMARTS) is 1. The fourth-order valence-corrected chi connectivity index (χ4v) is 5.11. The van der Waals surface area contributed by atoms with Crippen molar-refractivity contribution < 1.29 is 24.2 Å². The van der Waals surface area contributed by atoms with Crippen molar-refractivity contribution in [3.05, 3.63) is 65.1 Å². The Kier molecular flexibility index (Phi) is 11.1. The average molecular weight is 612 g/mol. The molecule has 0 bridgehead atoms. The Morgan fingerprint density at radius 1 is 1.12 bits per heavy atom. The van der Waals surface area contributed by atoms with Gasteiger partial charge in [-0.15, -0.1) is 0 Å². The minimum atomic E-state index is -0.969. The normalized spacial score (nSPS) is 14.4. The number of imidazole rings is 1. The van der Waals surface area contributed by atoms with Gasteiger partial charge >= 0.3 is 12.1 Å². The smallest absolute Gasteiger partial charge is 0.407 e. The van der Waals surface area contributed by atoms with Gasteiger partial charge in [-0.2, -0.15) is 0 Å². The Morgan fingerprint density at radius 2 is 1.84 bits per heavy atom. The average Bonchev–Trinajstić information content (AvgIpc) is 3.58. The van der Waals surface area contributed by atoms with Crippen LogP contribution in [0.15, 0.2) is 48.7 Å². The molecule has 0 radical (unpaired) electrons. The number of ether oxygens (including phenoxy) is 2. The summed E-state index contributed by atoms with van der Waals surface area (Å²) in [5, 5.41) is 16.0. The predicted octanol–water partition coefficient (Wildman–Crippen LogP) is 5.98. The second-order valence-corrected chi connectivity index (χ2v) is 12.3. The minimum absolute atomic E-state index is 0.260. The van der Waals surface area contributed by atoms with Crippen molar-refractivity contribution in [2.45, 2.75) is 71.2 Å². The summed E-state index contributed by atoms with van der Waals surface area (Å²) in [6.07, 6.45) is 4.68. The fraction of sp³-hybridized carbons (Fsp3) is 0.469. The molecule has 0 saturated carbocycles. The molecule has 1 unspecified atom stereocenters. The maximum atomic E-state index is 11.9. The van der Waals surface area contributed by atoms with Crippen molar-refractivity contribution in [1.82, 2.24) is 25.1 Å². The van der Waals surface area contributed by atoms with Gasteiger partial charge < -0.3 is 29.8 Å². The van der Waals surface area contributed by atoms with Crippen LogP contribution in [0.4, 0.5) is 4.79 Å². The Morgan fingerprint density at radius 3 is 2.51 bits per heavy atom. The highest BCUT2D eigenvalue weighted by Gasteiger charge is 2.20. The number of carboxylic acids is 1. The third kappa shape index (κ3) is 9.71. The van der Waals surface area contributed by atoms with Crippen molar-refractivity contribution in [2.24, 2.45) is 7.05 Å². The molecule has 0 spiro atoms. The topological polar surface area (TPSA) is 118 Å². The Hall–Kier alpha value is -3.60. The van der Waals surface area contributed by atoms with Crippen LogP contribution in [0, 0.1) is 0 Å². The first kappa shape index (κ1) is 32.3. The zero-order chi connectivity index (χ0) is 31.0. The molecule has 3 aromatic rings. The monoisotopic (exact) mass is 611 g/mol. The van der Waals surface area contributed by atoms with Crippen LogP contribution in [0.3, 0.4) is 0 Å². The van der Waals surface area contributed by atoms with Gasteiger partial charge in [0.05, 0.1) is 18.4 Å². The van der Waals surface area contributed by atoms with E-state index in [9.17, 15) is 14.7 Å². The van der Waals surface area contributed by atoms with Crippen molar-refractivity contribution in [3.8, 4) is 22.8 Å². The highest BCUT2D eigenvalue weighted by atomic mass is 35.5. The number of benzene rings is 2. The van der Waals surface area contributed by atoms with E-state index in [0.717, 1.165) is 42.3 Å². The summed E-state index contributed by atoms with van der Waals surface area (Å²) >= 11 is 6.28. The van der Waals surface area contributed by atoms with E-state index in [1.807, 2.05) is 43.6 Å². The summed E-state index contributed by atoms with van der Waals surface area (Å²) in [5.74, 6) is 1.25. The first-order valence-corrected chi connectivity index (χ1v) is 15.1. The van der Waals surface area contributed by atoms with Gasteiger partial charge in [0, 0.05) is 36.3 Å². The number of nitrogens with one attached hydrogen (secondary N) is 2. The van der Waals surface area contributed by atoms with E-state index in [0.29, 0.717) is 35.9 Å². The molecule has 1 fully saturated rings. The quantitative estimate of drug-likeness (QED) is 0.202. The lowest BCUT2D eigenvalue weighted by atomic mass is 10.1. The molecule has 1 aromatic heterocycles. The number of halogens is 1. The Bertz CT molecular complexity index is 1380. The molecular weight excluding hydrogens is 570 g/mol. The van der Waals surface area contributed by atoms with Crippen LogP contribution < -0.4 is 15.4 Å². The number of aromatic nitrogens is 2. The molecule has 4 rings (SSSR count). The second-order valence-electron chi connectivity index (χ2n) is 11.8. The number of aliphatic carboxylic acids is 1. The van der Waals surface area contributed by atoms with Gasteiger partial charge in [0.15, 0.2) is 0 Å². The summed E-state index contributed by atoms with van der Waals surface area (Å²) in [5.41, 5.74) is 2.25. The van der Waals surface area contributed by atoms with Crippen LogP contribution in [0.2, 0.25) is 5.02 Å². The van der Waals surface area contributed by atoms with E-state index in [-0.39, 0.29) is 6.54 Å². The number of likely N-dealkylation sites (tertiary alicyclic amines) is 1. The van der Waals surface area contributed by atoms with Crippen LogP contribution in [-0.4, -0.2) is 62.9 Å². The summed E-state index contributed by atoms with van der Waals surface area (Å²) in [7, 11) is 2.05. The van der Waals surface area contributed by atoms with Gasteiger partial charge in [0.2, 0.25) is 0 Å². The van der Waals surface area contributed by atoms with Crippen LogP contribution in [-0.2, 0) is 29.7 Å². The number of hydrogen-bond acceptors (Lipinski definition) is 7. The number of amides is 1. The van der Waals surface area contributed by atoms with Gasteiger partial charge in [0.1, 0.15) is 29.0 Å². The number of alkyl carbamates (subject to hydrolysis) is 1. The highest BCUT2D eigenvalue weighted by molar-refractivity contribution is 6.30. The molecule has 2 heterocycles. The van der Waals surface area contributed by atoms with E-state index in [2.05, 4.69) is 25.1 Å². The van der Waals surface area contributed by atoms with Crippen molar-refractivity contribution >= 4 is 23.7 Å². The molecule has 1 saturated heterocycles. The molecule has 0 aliphatic carbocycles. The molecule has 11 heteroatoms. The molecular formula is C32H42ClN5O5. The summed E-state index contributed by atoms with van der Waals surface area (Å²) in [6, 6.07) is 12.3. The zero-order valence-corrected chi connectivity index (χ0v) is 26.1. The predicted molar refractivity (Wildman–Crippen MR) is 166 cm³/mol. The van der Waals surface area contributed by atoms with Gasteiger partial charge in [-0.3, -0.25) is 9.69 Å². The lowest BCUT2D eigenvalue weighted by molar-refractivity contribution is -0.139. The SMILES string of the molecule is Cn1c(-c2ccc(Oc3cc(Cl)ccc3CNC(CCCNC(=O)OC(C)(C)C)C(=O)O)cc2)cnc1CN1CCCC1. The molecule has 1 aliphatic rings. The van der Waals surface area contributed by atoms with E-state index in [4.69, 9.17) is 21.1 Å². The summed E-state index contributed by atoms with van der Waals surface area (Å²) in [6.45, 7) is 9.03. The number of rotatable bonds is 13. The van der Waals surface area contributed by atoms with Crippen molar-refractivity contribution in [1.29, 1.82) is 0 Å². The van der Waals surface area contributed by atoms with Crippen LogP contribution in [0.25, 0.3) is 11.3 Å². The Labute approximate surface area is 258 Å². The minimum Gasteiger partial charge on any atom is -0.480 e. The number of hydrogen-bond donors (Lipinski definition) is 3. The number of carbonyl (C=O) groups is 2. The van der Waals surface area contributed by atoms with E-state index in [1.165, 1.54) is 12.8 Å². The van der Waals surface area contributed by atoms with Crippen LogP contribution in [0.1, 0.15) is 57.8 Å². The molecule has 1 aliphatic heterocycles. The maximum Gasteiger partial charge on any atom is 0.407 e. The lowest BCUT2D eigenvalue weighted by Gasteiger charge is -2.20. The summed E-state index contributed by atoms with van der Waals surface area (Å²) in [4.78, 5) is 30.8. The van der Waals surface area contributed by atoms with Crippen LogP contribution >= 0.6 is 11.6 Å². The summed E-state index contributed by atoms with van der Waals surface area (Å²) < 4.78 is 13.6. The molecule has 3 N–H and O–H groups in total. The molecule has 1 amide bonds. The van der Waals surface area contributed by atoms with E-state index >= 15 is 0 Å². The van der Waals surface area contributed by atoms with Crippen molar-refractivity contribution in [3.63, 3.8) is 0 Å². The zero-order valence-electron chi connectivity index (χ0n) is 25.4. The highest BCUT2D eigenvalue weighted by Crippen LogP contribution is 2.31. The largest absolute Gasteiger partial charge is 0.480 e. The maximum absolute atomic E-state index is 11.9. The van der Waals surface area contributed by atoms with Crippen LogP contribution in [0.5, 0.6) is 11.5 Å². The lowest BCUT2D eigenvalue weighted by Crippen LogP contribution is -2.37. The third-order valence-corrected chi connectivity index (χ3v) is 7.47. The molecule has 10 nitrogen and oxygen atoms in total. The third-order valence-electron chi connectivity index (χ3n) is 7.23. The number of carbonyl (C=O) groups excluding carboxylic acids is 1. The van der Waals surface area contributed by atoms with Gasteiger partial charge in [0.25, 0.3) is 0 Å². The fourth-order valence-electron chi connectivity index (χ4n) is 4.95. The molecule has 2 aromatic carbocycles. The first-order valence-electron chi connectivity index (χ1n) is 14.7. The van der Waals surface area contributed by atoms with Gasteiger partial charge in [-0.1, -0.05) is 17.7 Å². The number of nitrogens with zero attached hydrogens (tertiary/aromatic N) is 3. The van der Waals surface area contributed by atoms with E-state index < -0.39 is 23.7 Å². The molecule has 232 valence electrons. The van der Waals surface area contributed by atoms with Gasteiger partial charge in [-0.25, -0.2) is 9.78 Å².